The minimum atomic E-state index is -0.254. The second-order valence-electron chi connectivity index (χ2n) is 7.71. The van der Waals surface area contributed by atoms with Gasteiger partial charge in [-0.1, -0.05) is 48.0 Å². The topological polar surface area (TPSA) is 90.5 Å². The van der Waals surface area contributed by atoms with Gasteiger partial charge in [-0.3, -0.25) is 14.3 Å². The smallest absolute Gasteiger partial charge is 0.274 e. The van der Waals surface area contributed by atoms with Crippen molar-refractivity contribution in [1.82, 2.24) is 19.2 Å². The molecule has 0 unspecified atom stereocenters. The molecule has 164 valence electrons. The number of benzene rings is 2. The first-order valence-electron chi connectivity index (χ1n) is 10.1. The lowest BCUT2D eigenvalue weighted by molar-refractivity contribution is 0.102. The van der Waals surface area contributed by atoms with Crippen LogP contribution in [0.3, 0.4) is 0 Å². The molecule has 32 heavy (non-hydrogen) atoms. The highest BCUT2D eigenvalue weighted by atomic mass is 79.9. The summed E-state index contributed by atoms with van der Waals surface area (Å²) >= 11 is 3.37. The number of hydrogen-bond donors (Lipinski definition) is 1. The molecule has 0 fully saturated rings. The van der Waals surface area contributed by atoms with Gasteiger partial charge in [0.2, 0.25) is 0 Å². The Bertz CT molecular complexity index is 1330. The van der Waals surface area contributed by atoms with Gasteiger partial charge in [0, 0.05) is 22.6 Å². The molecule has 0 saturated heterocycles. The Morgan fingerprint density at radius 2 is 1.97 bits per heavy atom. The maximum absolute atomic E-state index is 12.6. The Morgan fingerprint density at radius 3 is 2.75 bits per heavy atom. The fraction of sp³-hybridized carbons (Fsp3) is 0.217. The molecule has 2 aromatic heterocycles. The number of fused-ring (bicyclic) bond motifs is 1. The maximum Gasteiger partial charge on any atom is 0.274 e. The van der Waals surface area contributed by atoms with Gasteiger partial charge in [-0.15, -0.1) is 0 Å². The monoisotopic (exact) mass is 495 g/mol. The highest BCUT2D eigenvalue weighted by molar-refractivity contribution is 9.10. The lowest BCUT2D eigenvalue weighted by Crippen LogP contribution is -2.23. The van der Waals surface area contributed by atoms with Gasteiger partial charge in [0.05, 0.1) is 11.4 Å². The minimum Gasteiger partial charge on any atom is -0.485 e. The molecular weight excluding hydrogens is 474 g/mol. The van der Waals surface area contributed by atoms with Gasteiger partial charge >= 0.3 is 0 Å². The van der Waals surface area contributed by atoms with Gasteiger partial charge in [0.1, 0.15) is 18.7 Å². The number of rotatable bonds is 7. The van der Waals surface area contributed by atoms with Gasteiger partial charge in [-0.05, 0) is 36.2 Å². The fourth-order valence-electron chi connectivity index (χ4n) is 3.25. The van der Waals surface area contributed by atoms with E-state index in [2.05, 4.69) is 45.1 Å². The van der Waals surface area contributed by atoms with Crippen LogP contribution in [0.25, 0.3) is 5.78 Å². The number of carbonyl (C=O) groups is 1. The zero-order valence-electron chi connectivity index (χ0n) is 17.7. The summed E-state index contributed by atoms with van der Waals surface area (Å²) in [6, 6.07) is 15.7. The first-order chi connectivity index (χ1) is 15.4. The number of nitrogens with zero attached hydrogens (tertiary/aromatic N) is 4. The molecule has 4 aromatic rings. The van der Waals surface area contributed by atoms with Crippen LogP contribution in [0.1, 0.15) is 29.9 Å². The van der Waals surface area contributed by atoms with Crippen LogP contribution in [0.15, 0.2) is 70.2 Å². The quantitative estimate of drug-likeness (QED) is 0.416. The van der Waals surface area contributed by atoms with E-state index < -0.39 is 0 Å². The summed E-state index contributed by atoms with van der Waals surface area (Å²) in [5.74, 6) is 0.915. The van der Waals surface area contributed by atoms with Gasteiger partial charge in [-0.25, -0.2) is 4.98 Å². The highest BCUT2D eigenvalue weighted by Crippen LogP contribution is 2.25. The minimum absolute atomic E-state index is 0.0621. The number of nitrogens with one attached hydrogen (secondary N) is 1. The van der Waals surface area contributed by atoms with Crippen LogP contribution >= 0.6 is 15.9 Å². The second kappa shape index (κ2) is 9.35. The Hall–Kier alpha value is -3.46. The molecule has 0 aliphatic carbocycles. The summed E-state index contributed by atoms with van der Waals surface area (Å²) in [7, 11) is 0. The molecule has 0 spiro atoms. The summed E-state index contributed by atoms with van der Waals surface area (Å²) in [4.78, 5) is 33.9. The number of amides is 1. The van der Waals surface area contributed by atoms with Crippen LogP contribution in [-0.4, -0.2) is 25.1 Å². The zero-order chi connectivity index (χ0) is 22.7. The number of carbonyl (C=O) groups excluding carboxylic acids is 1. The second-order valence-corrected chi connectivity index (χ2v) is 8.62. The number of halogens is 1. The fourth-order valence-corrected chi connectivity index (χ4v) is 3.65. The van der Waals surface area contributed by atoms with E-state index >= 15 is 0 Å². The molecule has 0 radical (unpaired) electrons. The Morgan fingerprint density at radius 1 is 1.16 bits per heavy atom. The molecule has 0 bridgehead atoms. The van der Waals surface area contributed by atoms with Crippen molar-refractivity contribution in [3.8, 4) is 5.75 Å². The first-order valence-corrected chi connectivity index (χ1v) is 10.9. The lowest BCUT2D eigenvalue weighted by atomic mass is 10.2. The van der Waals surface area contributed by atoms with Gasteiger partial charge in [0.15, 0.2) is 0 Å². The van der Waals surface area contributed by atoms with Crippen LogP contribution in [0, 0.1) is 5.92 Å². The number of para-hydroxylation sites is 2. The predicted molar refractivity (Wildman–Crippen MR) is 125 cm³/mol. The molecule has 0 saturated carbocycles. The van der Waals surface area contributed by atoms with E-state index in [0.29, 0.717) is 40.9 Å². The van der Waals surface area contributed by atoms with Crippen molar-refractivity contribution in [2.24, 2.45) is 5.92 Å². The summed E-state index contributed by atoms with van der Waals surface area (Å²) in [6.07, 6.45) is 1.61. The van der Waals surface area contributed by atoms with Gasteiger partial charge in [-0.2, -0.15) is 9.50 Å². The number of anilines is 1. The Balaban J connectivity index is 1.51. The van der Waals surface area contributed by atoms with E-state index in [0.717, 1.165) is 4.47 Å². The molecule has 2 aromatic carbocycles. The summed E-state index contributed by atoms with van der Waals surface area (Å²) in [5.41, 5.74) is 1.28. The third kappa shape index (κ3) is 4.88. The van der Waals surface area contributed by atoms with Crippen molar-refractivity contribution in [2.75, 3.05) is 5.32 Å². The number of aromatic nitrogens is 4. The highest BCUT2D eigenvalue weighted by Gasteiger charge is 2.13. The van der Waals surface area contributed by atoms with E-state index in [1.807, 2.05) is 12.1 Å². The molecule has 8 nitrogen and oxygen atoms in total. The van der Waals surface area contributed by atoms with E-state index in [9.17, 15) is 9.59 Å². The number of ether oxygens (including phenoxy) is 1. The van der Waals surface area contributed by atoms with Gasteiger partial charge in [0.25, 0.3) is 17.2 Å². The first kappa shape index (κ1) is 21.8. The van der Waals surface area contributed by atoms with Crippen molar-refractivity contribution in [2.45, 2.75) is 27.0 Å². The van der Waals surface area contributed by atoms with Crippen molar-refractivity contribution < 1.29 is 9.53 Å². The molecule has 0 aliphatic heterocycles. The summed E-state index contributed by atoms with van der Waals surface area (Å²) in [6.45, 7) is 4.87. The molecule has 0 atom stereocenters. The van der Waals surface area contributed by atoms with E-state index in [1.165, 1.54) is 10.6 Å². The van der Waals surface area contributed by atoms with E-state index in [-0.39, 0.29) is 18.1 Å². The number of hydrogen-bond acceptors (Lipinski definition) is 5. The average molecular weight is 496 g/mol. The molecule has 1 N–H and O–H groups in total. The zero-order valence-corrected chi connectivity index (χ0v) is 19.2. The summed E-state index contributed by atoms with van der Waals surface area (Å²) in [5, 5.41) is 2.87. The summed E-state index contributed by atoms with van der Waals surface area (Å²) < 4.78 is 9.92. The molecular formula is C23H22BrN5O3. The average Bonchev–Trinajstić information content (AvgIpc) is 3.15. The van der Waals surface area contributed by atoms with Crippen molar-refractivity contribution >= 4 is 33.3 Å². The standard InChI is InChI=1S/C23H22BrN5O3/c1-15(2)12-28-14-25-23-26-18(11-21(30)29(23)28)13-32-20-9-4-3-8-19(20)27-22(31)16-6-5-7-17(24)10-16/h3-11,14-15H,12-13H2,1-2H3,(H,27,31). The maximum atomic E-state index is 12.6. The molecule has 0 aliphatic rings. The van der Waals surface area contributed by atoms with Crippen LogP contribution in [-0.2, 0) is 13.2 Å². The van der Waals surface area contributed by atoms with Crippen LogP contribution < -0.4 is 15.6 Å². The van der Waals surface area contributed by atoms with Crippen LogP contribution in [0.2, 0.25) is 0 Å². The Kier molecular flexibility index (Phi) is 6.36. The molecule has 9 heteroatoms. The van der Waals surface area contributed by atoms with Crippen molar-refractivity contribution in [3.63, 3.8) is 0 Å². The third-order valence-electron chi connectivity index (χ3n) is 4.65. The van der Waals surface area contributed by atoms with Crippen LogP contribution in [0.4, 0.5) is 5.69 Å². The largest absolute Gasteiger partial charge is 0.485 e. The molecule has 4 rings (SSSR count). The predicted octanol–water partition coefficient (Wildman–Crippen LogP) is 4.14. The third-order valence-corrected chi connectivity index (χ3v) is 5.14. The van der Waals surface area contributed by atoms with Gasteiger partial charge < -0.3 is 10.1 Å². The molecule has 2 heterocycles. The normalized spacial score (nSPS) is 11.1. The molecule has 1 amide bonds. The lowest BCUT2D eigenvalue weighted by Gasteiger charge is -2.13. The van der Waals surface area contributed by atoms with E-state index in [1.54, 1.807) is 47.4 Å². The van der Waals surface area contributed by atoms with Crippen LogP contribution in [0.5, 0.6) is 5.75 Å². The van der Waals surface area contributed by atoms with Crippen molar-refractivity contribution in [1.29, 1.82) is 0 Å². The SMILES string of the molecule is CC(C)Cn1cnc2nc(COc3ccccc3NC(=O)c3cccc(Br)c3)cc(=O)n21. The Labute approximate surface area is 193 Å². The van der Waals surface area contributed by atoms with E-state index in [4.69, 9.17) is 4.74 Å². The van der Waals surface area contributed by atoms with Crippen molar-refractivity contribution in [3.05, 3.63) is 87.0 Å².